The van der Waals surface area contributed by atoms with Gasteiger partial charge in [-0.25, -0.2) is 4.98 Å². The number of fused-ring (bicyclic) bond motifs is 1. The molecule has 2 heterocycles. The van der Waals surface area contributed by atoms with Crippen molar-refractivity contribution in [3.05, 3.63) is 22.9 Å². The molecule has 0 saturated carbocycles. The zero-order valence-corrected chi connectivity index (χ0v) is 8.18. The van der Waals surface area contributed by atoms with E-state index < -0.39 is 0 Å². The van der Waals surface area contributed by atoms with Crippen LogP contribution in [0.3, 0.4) is 0 Å². The highest BCUT2D eigenvalue weighted by Gasteiger charge is 2.06. The summed E-state index contributed by atoms with van der Waals surface area (Å²) in [5.41, 5.74) is 0.916. The summed E-state index contributed by atoms with van der Waals surface area (Å²) in [5, 5.41) is 12.7. The summed E-state index contributed by atoms with van der Waals surface area (Å²) in [4.78, 5) is 18.0. The van der Waals surface area contributed by atoms with Crippen molar-refractivity contribution in [3.63, 3.8) is 0 Å². The number of rotatable bonds is 4. The normalized spacial score (nSPS) is 11.0. The first-order valence-corrected chi connectivity index (χ1v) is 4.83. The molecule has 2 N–H and O–H groups in total. The van der Waals surface area contributed by atoms with E-state index in [1.807, 2.05) is 0 Å². The second-order valence-electron chi connectivity index (χ2n) is 3.26. The van der Waals surface area contributed by atoms with Crippen LogP contribution in [0.15, 0.2) is 17.3 Å². The van der Waals surface area contributed by atoms with Gasteiger partial charge in [0.05, 0.1) is 12.5 Å². The van der Waals surface area contributed by atoms with Crippen molar-refractivity contribution in [2.45, 2.75) is 19.4 Å². The van der Waals surface area contributed by atoms with Crippen LogP contribution in [0.4, 0.5) is 0 Å². The second kappa shape index (κ2) is 4.22. The fourth-order valence-electron chi connectivity index (χ4n) is 1.48. The highest BCUT2D eigenvalue weighted by atomic mass is 16.2. The van der Waals surface area contributed by atoms with Gasteiger partial charge >= 0.3 is 0 Å². The van der Waals surface area contributed by atoms with Crippen molar-refractivity contribution < 1.29 is 5.11 Å². The predicted octanol–water partition coefficient (Wildman–Crippen LogP) is -0.108. The molecule has 0 amide bonds. The van der Waals surface area contributed by atoms with Crippen LogP contribution in [-0.4, -0.2) is 31.5 Å². The van der Waals surface area contributed by atoms with Gasteiger partial charge in [-0.2, -0.15) is 5.10 Å². The van der Waals surface area contributed by atoms with Crippen LogP contribution < -0.4 is 5.56 Å². The first-order chi connectivity index (χ1) is 7.33. The van der Waals surface area contributed by atoms with Crippen LogP contribution >= 0.6 is 0 Å². The van der Waals surface area contributed by atoms with Crippen molar-refractivity contribution in [1.82, 2.24) is 19.7 Å². The topological polar surface area (TPSA) is 83.8 Å². The van der Waals surface area contributed by atoms with E-state index in [9.17, 15) is 4.79 Å². The summed E-state index contributed by atoms with van der Waals surface area (Å²) < 4.78 is 1.62. The Bertz CT molecular complexity index is 502. The Hall–Kier alpha value is -1.69. The molecule has 2 aromatic heterocycles. The predicted molar refractivity (Wildman–Crippen MR) is 54.5 cm³/mol. The number of aliphatic hydroxyl groups excluding tert-OH is 1. The molecular formula is C9H12N4O2. The van der Waals surface area contributed by atoms with Crippen LogP contribution in [0.5, 0.6) is 0 Å². The van der Waals surface area contributed by atoms with E-state index in [1.165, 1.54) is 6.33 Å². The molecule has 0 aliphatic carbocycles. The minimum Gasteiger partial charge on any atom is -0.396 e. The standard InChI is InChI=1S/C9H12N4O2/c14-4-2-1-3-13-8-7(5-12-13)10-6-11-9(8)15/h5-6,14H,1-4H2,(H,10,11,15). The third-order valence-electron chi connectivity index (χ3n) is 2.21. The first-order valence-electron chi connectivity index (χ1n) is 4.83. The van der Waals surface area contributed by atoms with Gasteiger partial charge in [0.25, 0.3) is 5.56 Å². The van der Waals surface area contributed by atoms with Crippen LogP contribution in [0.2, 0.25) is 0 Å². The lowest BCUT2D eigenvalue weighted by Gasteiger charge is -2.00. The Balaban J connectivity index is 2.32. The third kappa shape index (κ3) is 1.89. The zero-order valence-electron chi connectivity index (χ0n) is 8.18. The van der Waals surface area contributed by atoms with Crippen molar-refractivity contribution in [2.24, 2.45) is 0 Å². The molecule has 0 fully saturated rings. The molecule has 0 bridgehead atoms. The van der Waals surface area contributed by atoms with Gasteiger partial charge in [-0.1, -0.05) is 0 Å². The maximum atomic E-state index is 11.5. The number of unbranched alkanes of at least 4 members (excludes halogenated alkanes) is 1. The number of aromatic amines is 1. The highest BCUT2D eigenvalue weighted by molar-refractivity contribution is 5.72. The summed E-state index contributed by atoms with van der Waals surface area (Å²) >= 11 is 0. The van der Waals surface area contributed by atoms with Gasteiger partial charge in [0.1, 0.15) is 5.52 Å². The summed E-state index contributed by atoms with van der Waals surface area (Å²) in [6, 6.07) is 0. The molecule has 0 aliphatic heterocycles. The smallest absolute Gasteiger partial charge is 0.276 e. The van der Waals surface area contributed by atoms with Gasteiger partial charge in [-0.3, -0.25) is 9.48 Å². The molecule has 0 aromatic carbocycles. The van der Waals surface area contributed by atoms with Crippen LogP contribution in [-0.2, 0) is 6.54 Å². The molecule has 6 nitrogen and oxygen atoms in total. The van der Waals surface area contributed by atoms with E-state index >= 15 is 0 Å². The number of aromatic nitrogens is 4. The summed E-state index contributed by atoms with van der Waals surface area (Å²) in [7, 11) is 0. The Morgan fingerprint density at radius 1 is 1.47 bits per heavy atom. The van der Waals surface area contributed by atoms with Gasteiger partial charge in [0, 0.05) is 13.2 Å². The average Bonchev–Trinajstić information content (AvgIpc) is 2.63. The number of H-pyrrole nitrogens is 1. The SMILES string of the molecule is O=c1[nH]cnc2cnn(CCCCO)c12. The second-order valence-corrected chi connectivity index (χ2v) is 3.26. The molecule has 80 valence electrons. The quantitative estimate of drug-likeness (QED) is 0.687. The van der Waals surface area contributed by atoms with Crippen molar-refractivity contribution in [3.8, 4) is 0 Å². The number of aryl methyl sites for hydroxylation is 1. The summed E-state index contributed by atoms with van der Waals surface area (Å²) in [6.45, 7) is 0.784. The number of hydrogen-bond acceptors (Lipinski definition) is 4. The van der Waals surface area contributed by atoms with Crippen LogP contribution in [0.25, 0.3) is 11.0 Å². The molecule has 0 radical (unpaired) electrons. The fourth-order valence-corrected chi connectivity index (χ4v) is 1.48. The lowest BCUT2D eigenvalue weighted by molar-refractivity contribution is 0.280. The molecule has 6 heteroatoms. The maximum Gasteiger partial charge on any atom is 0.276 e. The minimum absolute atomic E-state index is 0.161. The number of aliphatic hydroxyl groups is 1. The number of nitrogens with zero attached hydrogens (tertiary/aromatic N) is 3. The zero-order chi connectivity index (χ0) is 10.7. The van der Waals surface area contributed by atoms with Gasteiger partial charge in [0.15, 0.2) is 5.52 Å². The van der Waals surface area contributed by atoms with Crippen molar-refractivity contribution in [2.75, 3.05) is 6.61 Å². The number of nitrogens with one attached hydrogen (secondary N) is 1. The minimum atomic E-state index is -0.179. The van der Waals surface area contributed by atoms with Gasteiger partial charge in [-0.15, -0.1) is 0 Å². The molecule has 0 unspecified atom stereocenters. The number of hydrogen-bond donors (Lipinski definition) is 2. The lowest BCUT2D eigenvalue weighted by atomic mass is 10.3. The Morgan fingerprint density at radius 2 is 2.33 bits per heavy atom. The van der Waals surface area contributed by atoms with Crippen LogP contribution in [0.1, 0.15) is 12.8 Å². The van der Waals surface area contributed by atoms with E-state index in [0.29, 0.717) is 24.0 Å². The Labute approximate surface area is 85.6 Å². The molecule has 15 heavy (non-hydrogen) atoms. The monoisotopic (exact) mass is 208 g/mol. The van der Waals surface area contributed by atoms with E-state index in [0.717, 1.165) is 6.42 Å². The van der Waals surface area contributed by atoms with Crippen molar-refractivity contribution in [1.29, 1.82) is 0 Å². The third-order valence-corrected chi connectivity index (χ3v) is 2.21. The Kier molecular flexibility index (Phi) is 2.77. The molecule has 0 atom stereocenters. The van der Waals surface area contributed by atoms with E-state index in [2.05, 4.69) is 15.1 Å². The Morgan fingerprint density at radius 3 is 3.13 bits per heavy atom. The first kappa shape index (κ1) is 9.85. The van der Waals surface area contributed by atoms with Gasteiger partial charge in [-0.05, 0) is 12.8 Å². The molecule has 2 aromatic rings. The van der Waals surface area contributed by atoms with Gasteiger partial charge < -0.3 is 10.1 Å². The molecule has 0 aliphatic rings. The van der Waals surface area contributed by atoms with E-state index in [1.54, 1.807) is 10.9 Å². The highest BCUT2D eigenvalue weighted by Crippen LogP contribution is 2.05. The molecule has 2 rings (SSSR count). The van der Waals surface area contributed by atoms with Crippen molar-refractivity contribution >= 4 is 11.0 Å². The lowest BCUT2D eigenvalue weighted by Crippen LogP contribution is -2.12. The van der Waals surface area contributed by atoms with E-state index in [4.69, 9.17) is 5.11 Å². The largest absolute Gasteiger partial charge is 0.396 e. The van der Waals surface area contributed by atoms with Crippen LogP contribution in [0, 0.1) is 0 Å². The molecular weight excluding hydrogens is 196 g/mol. The van der Waals surface area contributed by atoms with Gasteiger partial charge in [0.2, 0.25) is 0 Å². The summed E-state index contributed by atoms with van der Waals surface area (Å²) in [6.07, 6.45) is 4.44. The molecule has 0 saturated heterocycles. The summed E-state index contributed by atoms with van der Waals surface area (Å²) in [5.74, 6) is 0. The maximum absolute atomic E-state index is 11.5. The fraction of sp³-hybridized carbons (Fsp3) is 0.444. The molecule has 0 spiro atoms. The average molecular weight is 208 g/mol. The van der Waals surface area contributed by atoms with E-state index in [-0.39, 0.29) is 12.2 Å².